The fourth-order valence-corrected chi connectivity index (χ4v) is 4.12. The van der Waals surface area contributed by atoms with Crippen LogP contribution in [0.4, 0.5) is 0 Å². The molecule has 2 aliphatic heterocycles. The quantitative estimate of drug-likeness (QED) is 0.844. The molecule has 5 heteroatoms. The third kappa shape index (κ3) is 3.23. The largest absolute Gasteiger partial charge is 0.341 e. The Morgan fingerprint density at radius 3 is 2.57 bits per heavy atom. The average Bonchev–Trinajstić information content (AvgIpc) is 3.15. The van der Waals surface area contributed by atoms with Crippen molar-refractivity contribution in [3.05, 3.63) is 0 Å². The van der Waals surface area contributed by atoms with Gasteiger partial charge < -0.3 is 15.1 Å². The molecule has 118 valence electrons. The van der Waals surface area contributed by atoms with Crippen LogP contribution in [0.25, 0.3) is 0 Å². The van der Waals surface area contributed by atoms with Crippen molar-refractivity contribution in [1.82, 2.24) is 15.1 Å². The van der Waals surface area contributed by atoms with Gasteiger partial charge in [0.1, 0.15) is 0 Å². The molecule has 1 N–H and O–H groups in total. The number of carbonyl (C=O) groups excluding carboxylic acids is 2. The Hall–Kier alpha value is -1.10. The maximum atomic E-state index is 12.5. The van der Waals surface area contributed by atoms with E-state index in [1.165, 1.54) is 25.7 Å². The van der Waals surface area contributed by atoms with Crippen LogP contribution in [0.15, 0.2) is 0 Å². The number of likely N-dealkylation sites (N-methyl/N-ethyl adjacent to an activating group) is 1. The van der Waals surface area contributed by atoms with E-state index in [0.29, 0.717) is 12.0 Å². The van der Waals surface area contributed by atoms with Crippen LogP contribution in [0.5, 0.6) is 0 Å². The van der Waals surface area contributed by atoms with Gasteiger partial charge in [-0.3, -0.25) is 9.59 Å². The average molecular weight is 293 g/mol. The molecular formula is C16H27N3O2. The molecule has 21 heavy (non-hydrogen) atoms. The number of amides is 2. The molecule has 0 bridgehead atoms. The van der Waals surface area contributed by atoms with Crippen molar-refractivity contribution < 1.29 is 9.59 Å². The van der Waals surface area contributed by atoms with Crippen molar-refractivity contribution in [3.8, 4) is 0 Å². The van der Waals surface area contributed by atoms with Gasteiger partial charge in [-0.15, -0.1) is 0 Å². The zero-order chi connectivity index (χ0) is 14.8. The summed E-state index contributed by atoms with van der Waals surface area (Å²) in [6, 6.07) is 0.449. The lowest BCUT2D eigenvalue weighted by atomic mass is 9.85. The third-order valence-corrected chi connectivity index (χ3v) is 5.37. The summed E-state index contributed by atoms with van der Waals surface area (Å²) >= 11 is 0. The molecule has 0 aromatic heterocycles. The number of hydrogen-bond acceptors (Lipinski definition) is 3. The van der Waals surface area contributed by atoms with Gasteiger partial charge in [-0.2, -0.15) is 0 Å². The highest BCUT2D eigenvalue weighted by atomic mass is 16.2. The van der Waals surface area contributed by atoms with E-state index in [9.17, 15) is 9.59 Å². The summed E-state index contributed by atoms with van der Waals surface area (Å²) in [5.74, 6) is 0.853. The Morgan fingerprint density at radius 2 is 1.86 bits per heavy atom. The highest BCUT2D eigenvalue weighted by molar-refractivity contribution is 5.87. The van der Waals surface area contributed by atoms with Gasteiger partial charge in [0.05, 0.1) is 12.6 Å². The SMILES string of the molecule is CN(CC(=O)N1CCCC1)C(=O)C1CC2CCCCC2N1. The molecule has 0 radical (unpaired) electrons. The fraction of sp³-hybridized carbons (Fsp3) is 0.875. The first-order chi connectivity index (χ1) is 10.1. The molecule has 2 amide bonds. The number of nitrogens with one attached hydrogen (secondary N) is 1. The van der Waals surface area contributed by atoms with Crippen LogP contribution < -0.4 is 5.32 Å². The first kappa shape index (κ1) is 14.8. The third-order valence-electron chi connectivity index (χ3n) is 5.37. The number of rotatable bonds is 3. The lowest BCUT2D eigenvalue weighted by Gasteiger charge is -2.25. The number of nitrogens with zero attached hydrogens (tertiary/aromatic N) is 2. The predicted octanol–water partition coefficient (Wildman–Crippen LogP) is 0.988. The summed E-state index contributed by atoms with van der Waals surface area (Å²) in [6.07, 6.45) is 8.16. The normalized spacial score (nSPS) is 32.0. The van der Waals surface area contributed by atoms with E-state index in [-0.39, 0.29) is 24.4 Å². The molecule has 3 fully saturated rings. The molecule has 0 spiro atoms. The van der Waals surface area contributed by atoms with Gasteiger partial charge in [-0.05, 0) is 38.0 Å². The van der Waals surface area contributed by atoms with Gasteiger partial charge in [-0.25, -0.2) is 0 Å². The standard InChI is InChI=1S/C16H27N3O2/c1-18(11-15(20)19-8-4-5-9-19)16(21)14-10-12-6-2-3-7-13(12)17-14/h12-14,17H,2-11H2,1H3. The Bertz CT molecular complexity index is 392. The molecule has 0 aromatic rings. The zero-order valence-corrected chi connectivity index (χ0v) is 13.0. The summed E-state index contributed by atoms with van der Waals surface area (Å²) in [7, 11) is 1.76. The van der Waals surface area contributed by atoms with Crippen molar-refractivity contribution in [2.24, 2.45) is 5.92 Å². The highest BCUT2D eigenvalue weighted by Gasteiger charge is 2.39. The number of likely N-dealkylation sites (tertiary alicyclic amines) is 1. The molecule has 1 aliphatic carbocycles. The molecule has 3 rings (SSSR count). The van der Waals surface area contributed by atoms with Gasteiger partial charge in [-0.1, -0.05) is 12.8 Å². The van der Waals surface area contributed by atoms with Crippen molar-refractivity contribution >= 4 is 11.8 Å². The molecule has 3 unspecified atom stereocenters. The second kappa shape index (κ2) is 6.34. The molecule has 1 saturated carbocycles. The molecule has 5 nitrogen and oxygen atoms in total. The summed E-state index contributed by atoms with van der Waals surface area (Å²) in [4.78, 5) is 28.2. The van der Waals surface area contributed by atoms with Crippen LogP contribution in [0.2, 0.25) is 0 Å². The lowest BCUT2D eigenvalue weighted by molar-refractivity contribution is -0.139. The van der Waals surface area contributed by atoms with Crippen molar-refractivity contribution in [1.29, 1.82) is 0 Å². The molecule has 2 heterocycles. The van der Waals surface area contributed by atoms with Gasteiger partial charge >= 0.3 is 0 Å². The molecule has 3 atom stereocenters. The molecule has 0 aromatic carbocycles. The minimum atomic E-state index is -0.0746. The summed E-state index contributed by atoms with van der Waals surface area (Å²) in [5, 5.41) is 3.50. The highest BCUT2D eigenvalue weighted by Crippen LogP contribution is 2.33. The van der Waals surface area contributed by atoms with Gasteiger partial charge in [0.25, 0.3) is 0 Å². The van der Waals surface area contributed by atoms with Crippen LogP contribution in [-0.2, 0) is 9.59 Å². The van der Waals surface area contributed by atoms with Gasteiger partial charge in [0.15, 0.2) is 0 Å². The van der Waals surface area contributed by atoms with E-state index >= 15 is 0 Å². The topological polar surface area (TPSA) is 52.7 Å². The van der Waals surface area contributed by atoms with Crippen LogP contribution in [-0.4, -0.2) is 60.4 Å². The van der Waals surface area contributed by atoms with Crippen LogP contribution >= 0.6 is 0 Å². The summed E-state index contributed by atoms with van der Waals surface area (Å²) < 4.78 is 0. The first-order valence-corrected chi connectivity index (χ1v) is 8.44. The van der Waals surface area contributed by atoms with E-state index in [2.05, 4.69) is 5.32 Å². The monoisotopic (exact) mass is 293 g/mol. The zero-order valence-electron chi connectivity index (χ0n) is 13.0. The number of hydrogen-bond donors (Lipinski definition) is 1. The van der Waals surface area contributed by atoms with E-state index in [0.717, 1.165) is 32.4 Å². The van der Waals surface area contributed by atoms with Crippen LogP contribution in [0, 0.1) is 5.92 Å². The number of carbonyl (C=O) groups is 2. The van der Waals surface area contributed by atoms with Crippen molar-refractivity contribution in [2.75, 3.05) is 26.7 Å². The van der Waals surface area contributed by atoms with Crippen molar-refractivity contribution in [2.45, 2.75) is 57.0 Å². The second-order valence-corrected chi connectivity index (χ2v) is 6.89. The van der Waals surface area contributed by atoms with E-state index in [1.54, 1.807) is 11.9 Å². The minimum absolute atomic E-state index is 0.0746. The predicted molar refractivity (Wildman–Crippen MR) is 80.7 cm³/mol. The molecule has 2 saturated heterocycles. The Labute approximate surface area is 127 Å². The van der Waals surface area contributed by atoms with E-state index in [4.69, 9.17) is 0 Å². The smallest absolute Gasteiger partial charge is 0.242 e. The maximum absolute atomic E-state index is 12.5. The van der Waals surface area contributed by atoms with E-state index in [1.807, 2.05) is 4.90 Å². The van der Waals surface area contributed by atoms with Crippen LogP contribution in [0.1, 0.15) is 44.9 Å². The first-order valence-electron chi connectivity index (χ1n) is 8.44. The van der Waals surface area contributed by atoms with E-state index < -0.39 is 0 Å². The Morgan fingerprint density at radius 1 is 1.14 bits per heavy atom. The summed E-state index contributed by atoms with van der Waals surface area (Å²) in [5.41, 5.74) is 0. The Balaban J connectivity index is 1.51. The van der Waals surface area contributed by atoms with Crippen molar-refractivity contribution in [3.63, 3.8) is 0 Å². The van der Waals surface area contributed by atoms with Gasteiger partial charge in [0, 0.05) is 26.2 Å². The Kier molecular flexibility index (Phi) is 4.48. The molecular weight excluding hydrogens is 266 g/mol. The van der Waals surface area contributed by atoms with Crippen LogP contribution in [0.3, 0.4) is 0 Å². The summed E-state index contributed by atoms with van der Waals surface area (Å²) in [6.45, 7) is 1.94. The second-order valence-electron chi connectivity index (χ2n) is 6.89. The maximum Gasteiger partial charge on any atom is 0.242 e. The number of fused-ring (bicyclic) bond motifs is 1. The van der Waals surface area contributed by atoms with Gasteiger partial charge in [0.2, 0.25) is 11.8 Å². The lowest BCUT2D eigenvalue weighted by Crippen LogP contribution is -2.47. The minimum Gasteiger partial charge on any atom is -0.341 e. The fourth-order valence-electron chi connectivity index (χ4n) is 4.12. The molecule has 3 aliphatic rings.